The van der Waals surface area contributed by atoms with Crippen molar-refractivity contribution in [2.24, 2.45) is 12.8 Å². The summed E-state index contributed by atoms with van der Waals surface area (Å²) in [5.74, 6) is 0.283. The molecular formula is C12H20N6O2S. The molecule has 9 heteroatoms. The predicted molar refractivity (Wildman–Crippen MR) is 79.4 cm³/mol. The Morgan fingerprint density at radius 3 is 2.62 bits per heavy atom. The summed E-state index contributed by atoms with van der Waals surface area (Å²) >= 11 is 0. The highest BCUT2D eigenvalue weighted by Crippen LogP contribution is 2.22. The SMILES string of the molecule is Cc1nn(CCCN)c(C)c1S(=O)(=O)Nc1ccn(C)n1. The third-order valence-electron chi connectivity index (χ3n) is 3.11. The van der Waals surface area contributed by atoms with Crippen molar-refractivity contribution in [3.8, 4) is 0 Å². The molecule has 21 heavy (non-hydrogen) atoms. The van der Waals surface area contributed by atoms with Crippen molar-refractivity contribution in [3.63, 3.8) is 0 Å². The smallest absolute Gasteiger partial charge is 0.266 e. The molecule has 0 bridgehead atoms. The minimum absolute atomic E-state index is 0.199. The first-order valence-corrected chi connectivity index (χ1v) is 8.10. The molecule has 0 fully saturated rings. The summed E-state index contributed by atoms with van der Waals surface area (Å²) in [5, 5.41) is 8.30. The Balaban J connectivity index is 2.33. The second-order valence-electron chi connectivity index (χ2n) is 4.85. The van der Waals surface area contributed by atoms with E-state index >= 15 is 0 Å². The second kappa shape index (κ2) is 5.86. The topological polar surface area (TPSA) is 108 Å². The van der Waals surface area contributed by atoms with E-state index in [1.165, 1.54) is 4.68 Å². The summed E-state index contributed by atoms with van der Waals surface area (Å²) in [6.45, 7) is 4.55. The molecule has 0 saturated heterocycles. The van der Waals surface area contributed by atoms with Crippen molar-refractivity contribution in [1.29, 1.82) is 0 Å². The number of aromatic nitrogens is 4. The van der Waals surface area contributed by atoms with Crippen molar-refractivity contribution in [2.75, 3.05) is 11.3 Å². The van der Waals surface area contributed by atoms with Crippen LogP contribution in [0.1, 0.15) is 17.8 Å². The van der Waals surface area contributed by atoms with E-state index in [2.05, 4.69) is 14.9 Å². The van der Waals surface area contributed by atoms with Gasteiger partial charge in [-0.3, -0.25) is 14.1 Å². The van der Waals surface area contributed by atoms with Crippen molar-refractivity contribution in [3.05, 3.63) is 23.7 Å². The lowest BCUT2D eigenvalue weighted by Crippen LogP contribution is -2.16. The highest BCUT2D eigenvalue weighted by atomic mass is 32.2. The van der Waals surface area contributed by atoms with E-state index in [1.54, 1.807) is 37.8 Å². The molecule has 2 rings (SSSR count). The number of hydrogen-bond acceptors (Lipinski definition) is 5. The Bertz CT molecular complexity index is 731. The third-order valence-corrected chi connectivity index (χ3v) is 4.72. The van der Waals surface area contributed by atoms with Crippen molar-refractivity contribution in [1.82, 2.24) is 19.6 Å². The van der Waals surface area contributed by atoms with E-state index in [1.807, 2.05) is 0 Å². The molecular weight excluding hydrogens is 292 g/mol. The van der Waals surface area contributed by atoms with Crippen LogP contribution in [0.3, 0.4) is 0 Å². The summed E-state index contributed by atoms with van der Waals surface area (Å²) in [4.78, 5) is 0.199. The second-order valence-corrected chi connectivity index (χ2v) is 6.46. The summed E-state index contributed by atoms with van der Waals surface area (Å²) in [7, 11) is -1.98. The molecule has 0 saturated carbocycles. The molecule has 116 valence electrons. The Morgan fingerprint density at radius 2 is 2.05 bits per heavy atom. The fourth-order valence-corrected chi connectivity index (χ4v) is 3.60. The van der Waals surface area contributed by atoms with Crippen LogP contribution in [0.4, 0.5) is 5.82 Å². The summed E-state index contributed by atoms with van der Waals surface area (Å²) < 4.78 is 30.7. The predicted octanol–water partition coefficient (Wildman–Crippen LogP) is 0.383. The number of nitrogens with one attached hydrogen (secondary N) is 1. The van der Waals surface area contributed by atoms with Gasteiger partial charge in [-0.2, -0.15) is 10.2 Å². The molecule has 2 aromatic heterocycles. The molecule has 0 aliphatic carbocycles. The number of anilines is 1. The van der Waals surface area contributed by atoms with Gasteiger partial charge in [0.2, 0.25) is 0 Å². The molecule has 0 spiro atoms. The molecule has 8 nitrogen and oxygen atoms in total. The summed E-state index contributed by atoms with van der Waals surface area (Å²) in [6, 6.07) is 1.60. The fourth-order valence-electron chi connectivity index (χ4n) is 2.19. The van der Waals surface area contributed by atoms with Crippen LogP contribution < -0.4 is 10.5 Å². The zero-order valence-electron chi connectivity index (χ0n) is 12.4. The summed E-state index contributed by atoms with van der Waals surface area (Å²) in [6.07, 6.45) is 2.41. The highest BCUT2D eigenvalue weighted by Gasteiger charge is 2.25. The number of hydrogen-bond donors (Lipinski definition) is 2. The normalized spacial score (nSPS) is 11.8. The average molecular weight is 312 g/mol. The Morgan fingerprint density at radius 1 is 1.33 bits per heavy atom. The number of aryl methyl sites for hydroxylation is 3. The van der Waals surface area contributed by atoms with Gasteiger partial charge in [0.15, 0.2) is 5.82 Å². The molecule has 0 atom stereocenters. The zero-order valence-corrected chi connectivity index (χ0v) is 13.2. The van der Waals surface area contributed by atoms with Crippen LogP contribution in [0.25, 0.3) is 0 Å². The van der Waals surface area contributed by atoms with Crippen LogP contribution >= 0.6 is 0 Å². The lowest BCUT2D eigenvalue weighted by atomic mass is 10.4. The maximum Gasteiger partial charge on any atom is 0.266 e. The van der Waals surface area contributed by atoms with E-state index in [9.17, 15) is 8.42 Å². The van der Waals surface area contributed by atoms with Crippen molar-refractivity contribution < 1.29 is 8.42 Å². The van der Waals surface area contributed by atoms with Gasteiger partial charge in [0.1, 0.15) is 4.90 Å². The van der Waals surface area contributed by atoms with Gasteiger partial charge in [-0.1, -0.05) is 0 Å². The molecule has 2 aromatic rings. The largest absolute Gasteiger partial charge is 0.330 e. The quantitative estimate of drug-likeness (QED) is 0.802. The number of rotatable bonds is 6. The van der Waals surface area contributed by atoms with Crippen LogP contribution in [0.5, 0.6) is 0 Å². The molecule has 0 aromatic carbocycles. The fraction of sp³-hybridized carbons (Fsp3) is 0.500. The first-order chi connectivity index (χ1) is 9.85. The van der Waals surface area contributed by atoms with E-state index in [4.69, 9.17) is 5.73 Å². The molecule has 2 heterocycles. The molecule has 3 N–H and O–H groups in total. The van der Waals surface area contributed by atoms with Crippen molar-refractivity contribution in [2.45, 2.75) is 31.7 Å². The zero-order chi connectivity index (χ0) is 15.6. The van der Waals surface area contributed by atoms with Gasteiger partial charge in [0, 0.05) is 25.9 Å². The Labute approximate surface area is 124 Å². The van der Waals surface area contributed by atoms with Gasteiger partial charge in [-0.05, 0) is 26.8 Å². The van der Waals surface area contributed by atoms with Gasteiger partial charge in [0.25, 0.3) is 10.0 Å². The number of nitrogens with two attached hydrogens (primary N) is 1. The molecule has 0 radical (unpaired) electrons. The standard InChI is InChI=1S/C12H20N6O2S/c1-9-12(10(2)18(14-9)7-4-6-13)21(19,20)16-11-5-8-17(3)15-11/h5,8H,4,6-7,13H2,1-3H3,(H,15,16). The molecule has 0 aliphatic heterocycles. The van der Waals surface area contributed by atoms with E-state index in [0.29, 0.717) is 24.5 Å². The highest BCUT2D eigenvalue weighted by molar-refractivity contribution is 7.92. The van der Waals surface area contributed by atoms with Gasteiger partial charge < -0.3 is 5.73 Å². The number of sulfonamides is 1. The first kappa shape index (κ1) is 15.5. The summed E-state index contributed by atoms with van der Waals surface area (Å²) in [5.41, 5.74) is 6.55. The van der Waals surface area contributed by atoms with E-state index < -0.39 is 10.0 Å². The third kappa shape index (κ3) is 3.24. The van der Waals surface area contributed by atoms with Crippen LogP contribution in [0.15, 0.2) is 17.2 Å². The number of nitrogens with zero attached hydrogens (tertiary/aromatic N) is 4. The van der Waals surface area contributed by atoms with E-state index in [-0.39, 0.29) is 10.7 Å². The molecule has 0 amide bonds. The average Bonchev–Trinajstić information content (AvgIpc) is 2.90. The van der Waals surface area contributed by atoms with Gasteiger partial charge in [-0.15, -0.1) is 0 Å². The maximum atomic E-state index is 12.5. The van der Waals surface area contributed by atoms with Crippen LogP contribution in [0.2, 0.25) is 0 Å². The molecule has 0 unspecified atom stereocenters. The van der Waals surface area contributed by atoms with Crippen LogP contribution in [-0.2, 0) is 23.6 Å². The first-order valence-electron chi connectivity index (χ1n) is 6.61. The minimum Gasteiger partial charge on any atom is -0.330 e. The maximum absolute atomic E-state index is 12.5. The van der Waals surface area contributed by atoms with Gasteiger partial charge in [0.05, 0.1) is 11.4 Å². The van der Waals surface area contributed by atoms with E-state index in [0.717, 1.165) is 6.42 Å². The lowest BCUT2D eigenvalue weighted by Gasteiger charge is -2.07. The van der Waals surface area contributed by atoms with Crippen LogP contribution in [0, 0.1) is 13.8 Å². The van der Waals surface area contributed by atoms with Crippen molar-refractivity contribution >= 4 is 15.8 Å². The van der Waals surface area contributed by atoms with Crippen LogP contribution in [-0.4, -0.2) is 34.5 Å². The molecule has 0 aliphatic rings. The monoisotopic (exact) mass is 312 g/mol. The van der Waals surface area contributed by atoms with Gasteiger partial charge >= 0.3 is 0 Å². The minimum atomic E-state index is -3.71. The Kier molecular flexibility index (Phi) is 4.33. The van der Waals surface area contributed by atoms with Gasteiger partial charge in [-0.25, -0.2) is 8.42 Å². The lowest BCUT2D eigenvalue weighted by molar-refractivity contribution is 0.565. The Hall–Kier alpha value is -1.87.